The van der Waals surface area contributed by atoms with Gasteiger partial charge < -0.3 is 4.74 Å². The number of likely N-dealkylation sites (tertiary alicyclic amines) is 1. The van der Waals surface area contributed by atoms with E-state index in [-0.39, 0.29) is 0 Å². The molecular formula is C9H19NO. The molecule has 2 heteroatoms. The number of fused-ring (bicyclic) bond motifs is 2. The molecule has 2 rings (SSSR count). The topological polar surface area (TPSA) is 12.5 Å². The monoisotopic (exact) mass is 157 g/mol. The van der Waals surface area contributed by atoms with Gasteiger partial charge in [0.15, 0.2) is 0 Å². The van der Waals surface area contributed by atoms with Crippen LogP contribution in [0.4, 0.5) is 0 Å². The smallest absolute Gasteiger partial charge is 0.0718 e. The lowest BCUT2D eigenvalue weighted by atomic mass is 10.2. The molecule has 2 aliphatic rings. The van der Waals surface area contributed by atoms with Gasteiger partial charge in [-0.15, -0.1) is 0 Å². The lowest BCUT2D eigenvalue weighted by molar-refractivity contribution is 0.0416. The van der Waals surface area contributed by atoms with Gasteiger partial charge in [-0.25, -0.2) is 0 Å². The van der Waals surface area contributed by atoms with Crippen LogP contribution in [0, 0.1) is 0 Å². The minimum absolute atomic E-state index is 0.574. The lowest BCUT2D eigenvalue weighted by Crippen LogP contribution is -2.33. The predicted molar refractivity (Wildman–Crippen MR) is 46.7 cm³/mol. The molecular weight excluding hydrogens is 138 g/mol. The third-order valence-corrected chi connectivity index (χ3v) is 2.17. The first-order valence-corrected chi connectivity index (χ1v) is 4.59. The van der Waals surface area contributed by atoms with E-state index in [4.69, 9.17) is 4.74 Å². The Bertz CT molecular complexity index is 114. The molecule has 2 fully saturated rings. The molecule has 0 radical (unpaired) electrons. The zero-order chi connectivity index (χ0) is 8.27. The van der Waals surface area contributed by atoms with E-state index in [2.05, 4.69) is 25.8 Å². The Morgan fingerprint density at radius 3 is 2.27 bits per heavy atom. The van der Waals surface area contributed by atoms with Gasteiger partial charge in [-0.2, -0.15) is 0 Å². The highest BCUT2D eigenvalue weighted by atomic mass is 16.5. The fraction of sp³-hybridized carbons (Fsp3) is 1.00. The van der Waals surface area contributed by atoms with Crippen LogP contribution in [0.15, 0.2) is 0 Å². The van der Waals surface area contributed by atoms with E-state index in [9.17, 15) is 0 Å². The van der Waals surface area contributed by atoms with Gasteiger partial charge in [-0.3, -0.25) is 4.90 Å². The summed E-state index contributed by atoms with van der Waals surface area (Å²) < 4.78 is 5.38. The molecule has 2 bridgehead atoms. The molecule has 0 aromatic rings. The third kappa shape index (κ3) is 2.17. The number of nitrogens with zero attached hydrogens (tertiary/aromatic N) is 1. The Kier molecular flexibility index (Phi) is 3.34. The molecule has 0 saturated carbocycles. The molecule has 0 aromatic carbocycles. The van der Waals surface area contributed by atoms with Crippen molar-refractivity contribution in [3.8, 4) is 0 Å². The van der Waals surface area contributed by atoms with Crippen molar-refractivity contribution in [2.24, 2.45) is 0 Å². The van der Waals surface area contributed by atoms with Crippen LogP contribution in [0.1, 0.15) is 26.7 Å². The van der Waals surface area contributed by atoms with Gasteiger partial charge in [0.2, 0.25) is 0 Å². The van der Waals surface area contributed by atoms with E-state index < -0.39 is 0 Å². The van der Waals surface area contributed by atoms with Crippen LogP contribution in [0.3, 0.4) is 0 Å². The highest BCUT2D eigenvalue weighted by Gasteiger charge is 2.36. The second kappa shape index (κ2) is 4.07. The summed E-state index contributed by atoms with van der Waals surface area (Å²) in [4.78, 5) is 2.38. The van der Waals surface area contributed by atoms with Crippen LogP contribution in [0.25, 0.3) is 0 Å². The zero-order valence-corrected chi connectivity index (χ0v) is 7.84. The third-order valence-electron chi connectivity index (χ3n) is 2.17. The molecule has 0 amide bonds. The quantitative estimate of drug-likeness (QED) is 0.528. The van der Waals surface area contributed by atoms with Crippen LogP contribution in [0.5, 0.6) is 0 Å². The molecule has 0 aromatic heterocycles. The minimum atomic E-state index is 0.574. The minimum Gasteiger partial charge on any atom is -0.375 e. The normalized spacial score (nSPS) is 35.2. The summed E-state index contributed by atoms with van der Waals surface area (Å²) >= 11 is 0. The summed E-state index contributed by atoms with van der Waals surface area (Å²) in [7, 11) is 2.17. The van der Waals surface area contributed by atoms with Gasteiger partial charge in [-0.1, -0.05) is 20.3 Å². The SMILES string of the molecule is CCC.CN1C[C@@H]2CC1CO2. The van der Waals surface area contributed by atoms with Gasteiger partial charge in [-0.05, 0) is 13.5 Å². The zero-order valence-electron chi connectivity index (χ0n) is 7.84. The van der Waals surface area contributed by atoms with Crippen molar-refractivity contribution in [1.82, 2.24) is 4.90 Å². The van der Waals surface area contributed by atoms with E-state index in [1.54, 1.807) is 0 Å². The molecule has 2 aliphatic heterocycles. The van der Waals surface area contributed by atoms with E-state index >= 15 is 0 Å². The molecule has 0 aliphatic carbocycles. The fourth-order valence-electron chi connectivity index (χ4n) is 1.59. The van der Waals surface area contributed by atoms with Crippen molar-refractivity contribution in [2.75, 3.05) is 20.2 Å². The molecule has 11 heavy (non-hydrogen) atoms. The first-order chi connectivity index (χ1) is 5.27. The maximum absolute atomic E-state index is 5.38. The van der Waals surface area contributed by atoms with Crippen molar-refractivity contribution in [3.05, 3.63) is 0 Å². The van der Waals surface area contributed by atoms with Gasteiger partial charge in [0.1, 0.15) is 0 Å². The van der Waals surface area contributed by atoms with Crippen molar-refractivity contribution in [1.29, 1.82) is 0 Å². The van der Waals surface area contributed by atoms with Crippen molar-refractivity contribution < 1.29 is 4.74 Å². The first kappa shape index (κ1) is 9.01. The van der Waals surface area contributed by atoms with Crippen molar-refractivity contribution in [2.45, 2.75) is 38.8 Å². The lowest BCUT2D eigenvalue weighted by Gasteiger charge is -2.21. The summed E-state index contributed by atoms with van der Waals surface area (Å²) in [6.07, 6.45) is 3.10. The molecule has 2 heterocycles. The Balaban J connectivity index is 0.000000179. The Hall–Kier alpha value is -0.0800. The molecule has 2 saturated heterocycles. The molecule has 0 spiro atoms. The molecule has 2 atom stereocenters. The van der Waals surface area contributed by atoms with E-state index in [1.807, 2.05) is 0 Å². The second-order valence-corrected chi connectivity index (χ2v) is 3.49. The predicted octanol–water partition coefficient (Wildman–Crippen LogP) is 1.51. The van der Waals surface area contributed by atoms with Gasteiger partial charge in [0.25, 0.3) is 0 Å². The summed E-state index contributed by atoms with van der Waals surface area (Å²) in [5.41, 5.74) is 0. The fourth-order valence-corrected chi connectivity index (χ4v) is 1.59. The van der Waals surface area contributed by atoms with Crippen molar-refractivity contribution >= 4 is 0 Å². The molecule has 1 unspecified atom stereocenters. The van der Waals surface area contributed by atoms with Crippen LogP contribution in [0.2, 0.25) is 0 Å². The maximum Gasteiger partial charge on any atom is 0.0718 e. The average Bonchev–Trinajstić information content (AvgIpc) is 2.48. The summed E-state index contributed by atoms with van der Waals surface area (Å²) in [5.74, 6) is 0. The summed E-state index contributed by atoms with van der Waals surface area (Å²) in [6.45, 7) is 6.38. The Morgan fingerprint density at radius 2 is 2.09 bits per heavy atom. The standard InChI is InChI=1S/C6H11NO.C3H8/c1-7-3-6-2-5(7)4-8-6;1-3-2/h5-6H,2-4H2,1H3;3H2,1-2H3/t5?,6-;/m0./s1. The Morgan fingerprint density at radius 1 is 1.45 bits per heavy atom. The van der Waals surface area contributed by atoms with Crippen LogP contribution in [-0.2, 0) is 4.74 Å². The number of likely N-dealkylation sites (N-methyl/N-ethyl adjacent to an activating group) is 1. The first-order valence-electron chi connectivity index (χ1n) is 4.59. The highest BCUT2D eigenvalue weighted by Crippen LogP contribution is 2.25. The molecule has 2 nitrogen and oxygen atoms in total. The van der Waals surface area contributed by atoms with Gasteiger partial charge in [0.05, 0.1) is 12.7 Å². The number of hydrogen-bond donors (Lipinski definition) is 0. The second-order valence-electron chi connectivity index (χ2n) is 3.49. The number of rotatable bonds is 0. The number of morpholine rings is 1. The van der Waals surface area contributed by atoms with E-state index in [0.717, 1.165) is 19.2 Å². The number of ether oxygens (including phenoxy) is 1. The van der Waals surface area contributed by atoms with Crippen LogP contribution >= 0.6 is 0 Å². The van der Waals surface area contributed by atoms with Gasteiger partial charge in [0, 0.05) is 12.6 Å². The summed E-state index contributed by atoms with van der Waals surface area (Å²) in [5, 5.41) is 0. The van der Waals surface area contributed by atoms with E-state index in [0.29, 0.717) is 6.10 Å². The largest absolute Gasteiger partial charge is 0.375 e. The van der Waals surface area contributed by atoms with Crippen LogP contribution in [-0.4, -0.2) is 37.2 Å². The summed E-state index contributed by atoms with van der Waals surface area (Å²) in [6, 6.07) is 0.750. The van der Waals surface area contributed by atoms with Gasteiger partial charge >= 0.3 is 0 Å². The van der Waals surface area contributed by atoms with Crippen LogP contribution < -0.4 is 0 Å². The molecule has 0 N–H and O–H groups in total. The number of hydrogen-bond acceptors (Lipinski definition) is 2. The Labute approximate surface area is 69.5 Å². The highest BCUT2D eigenvalue weighted by molar-refractivity contribution is 4.89. The molecule has 66 valence electrons. The average molecular weight is 157 g/mol. The van der Waals surface area contributed by atoms with Crippen molar-refractivity contribution in [3.63, 3.8) is 0 Å². The maximum atomic E-state index is 5.38. The van der Waals surface area contributed by atoms with E-state index in [1.165, 1.54) is 12.8 Å².